The molecule has 1 aromatic heterocycles. The Hall–Kier alpha value is -0.300. The first-order chi connectivity index (χ1) is 6.54. The normalized spacial score (nSPS) is 12.0. The number of nitrogens with zero attached hydrogens (tertiary/aromatic N) is 1. The number of hydrogen-bond acceptors (Lipinski definition) is 3. The van der Waals surface area contributed by atoms with Gasteiger partial charge in [0, 0.05) is 11.8 Å². The van der Waals surface area contributed by atoms with E-state index in [0.717, 1.165) is 24.0 Å². The van der Waals surface area contributed by atoms with E-state index in [2.05, 4.69) is 17.7 Å². The summed E-state index contributed by atoms with van der Waals surface area (Å²) in [6.45, 7) is 0. The minimum Gasteiger partial charge on any atom is -0.272 e. The van der Waals surface area contributed by atoms with Gasteiger partial charge in [-0.2, -0.15) is 30.9 Å². The van der Waals surface area contributed by atoms with Gasteiger partial charge in [0.05, 0.1) is 0 Å². The quantitative estimate of drug-likeness (QED) is 0.483. The van der Waals surface area contributed by atoms with E-state index in [0.29, 0.717) is 5.03 Å². The molecular weight excluding hydrogens is 233 g/mol. The minimum absolute atomic E-state index is 0.374. The number of nitrogens with one attached hydrogen (secondary N) is 1. The predicted molar refractivity (Wildman–Crippen MR) is 52.8 cm³/mol. The molecule has 0 saturated carbocycles. The Balaban J connectivity index is 2.51. The van der Waals surface area contributed by atoms with E-state index in [1.807, 2.05) is 5.10 Å². The minimum atomic E-state index is -4.34. The van der Waals surface area contributed by atoms with Crippen molar-refractivity contribution in [3.63, 3.8) is 0 Å². The lowest BCUT2D eigenvalue weighted by molar-refractivity contribution is -0.141. The number of hydrogen-bond donors (Lipinski definition) is 2. The lowest BCUT2D eigenvalue weighted by Crippen LogP contribution is -2.04. The summed E-state index contributed by atoms with van der Waals surface area (Å²) in [4.78, 5) is 0. The fraction of sp³-hybridized carbons (Fsp3) is 0.571. The zero-order valence-electron chi connectivity index (χ0n) is 7.14. The van der Waals surface area contributed by atoms with Gasteiger partial charge in [-0.15, -0.1) is 11.8 Å². The van der Waals surface area contributed by atoms with Crippen LogP contribution in [0, 0.1) is 0 Å². The predicted octanol–water partition coefficient (Wildman–Crippen LogP) is 2.84. The maximum atomic E-state index is 12.1. The van der Waals surface area contributed by atoms with E-state index in [1.54, 1.807) is 0 Å². The van der Waals surface area contributed by atoms with Gasteiger partial charge in [0.25, 0.3) is 0 Å². The zero-order valence-corrected chi connectivity index (χ0v) is 8.85. The maximum Gasteiger partial charge on any atom is 0.432 e. The van der Waals surface area contributed by atoms with Crippen molar-refractivity contribution in [1.29, 1.82) is 0 Å². The first kappa shape index (κ1) is 11.8. The molecule has 0 amide bonds. The molecule has 0 fully saturated rings. The van der Waals surface area contributed by atoms with Crippen LogP contribution in [0.5, 0.6) is 0 Å². The van der Waals surface area contributed by atoms with Crippen molar-refractivity contribution in [2.75, 3.05) is 11.5 Å². The van der Waals surface area contributed by atoms with Crippen molar-refractivity contribution >= 4 is 24.4 Å². The summed E-state index contributed by atoms with van der Waals surface area (Å²) in [6.07, 6.45) is -3.49. The van der Waals surface area contributed by atoms with E-state index in [1.165, 1.54) is 11.8 Å². The van der Waals surface area contributed by atoms with Crippen LogP contribution in [0.15, 0.2) is 11.1 Å². The summed E-state index contributed by atoms with van der Waals surface area (Å²) in [5, 5.41) is 5.88. The van der Waals surface area contributed by atoms with Crippen LogP contribution in [-0.4, -0.2) is 21.7 Å². The van der Waals surface area contributed by atoms with Gasteiger partial charge in [-0.1, -0.05) is 0 Å². The van der Waals surface area contributed by atoms with Crippen LogP contribution in [0.1, 0.15) is 12.1 Å². The average molecular weight is 242 g/mol. The smallest absolute Gasteiger partial charge is 0.272 e. The molecule has 0 spiro atoms. The van der Waals surface area contributed by atoms with Crippen molar-refractivity contribution in [3.8, 4) is 0 Å². The SMILES string of the molecule is FC(F)(F)c1cc(SCCCS)n[nH]1. The number of H-pyrrole nitrogens is 1. The molecule has 14 heavy (non-hydrogen) atoms. The molecule has 2 nitrogen and oxygen atoms in total. The Morgan fingerprint density at radius 2 is 2.21 bits per heavy atom. The van der Waals surface area contributed by atoms with Crippen LogP contribution in [0.4, 0.5) is 13.2 Å². The highest BCUT2D eigenvalue weighted by Crippen LogP contribution is 2.29. The van der Waals surface area contributed by atoms with Crippen LogP contribution in [0.25, 0.3) is 0 Å². The van der Waals surface area contributed by atoms with Crippen molar-refractivity contribution in [1.82, 2.24) is 10.2 Å². The molecule has 0 bridgehead atoms. The fourth-order valence-corrected chi connectivity index (χ4v) is 1.95. The Bertz CT molecular complexity index is 285. The monoisotopic (exact) mass is 242 g/mol. The van der Waals surface area contributed by atoms with Crippen LogP contribution in [-0.2, 0) is 6.18 Å². The van der Waals surface area contributed by atoms with Crippen molar-refractivity contribution in [2.45, 2.75) is 17.6 Å². The molecule has 0 radical (unpaired) electrons. The summed E-state index contributed by atoms with van der Waals surface area (Å²) in [5.41, 5.74) is -0.800. The van der Waals surface area contributed by atoms with Gasteiger partial charge in [0.2, 0.25) is 0 Å². The second-order valence-electron chi connectivity index (χ2n) is 2.54. The van der Waals surface area contributed by atoms with Crippen molar-refractivity contribution < 1.29 is 13.2 Å². The second-order valence-corrected chi connectivity index (χ2v) is 4.11. The number of aromatic amines is 1. The maximum absolute atomic E-state index is 12.1. The summed E-state index contributed by atoms with van der Waals surface area (Å²) in [6, 6.07) is 1.02. The molecule has 1 aromatic rings. The van der Waals surface area contributed by atoms with Gasteiger partial charge in [-0.05, 0) is 12.2 Å². The van der Waals surface area contributed by atoms with E-state index in [9.17, 15) is 13.2 Å². The number of thioether (sulfide) groups is 1. The Kier molecular flexibility index (Phi) is 4.18. The van der Waals surface area contributed by atoms with Crippen LogP contribution >= 0.6 is 24.4 Å². The number of aromatic nitrogens is 2. The molecule has 80 valence electrons. The summed E-state index contributed by atoms with van der Waals surface area (Å²) < 4.78 is 36.3. The Morgan fingerprint density at radius 3 is 2.71 bits per heavy atom. The largest absolute Gasteiger partial charge is 0.432 e. The van der Waals surface area contributed by atoms with E-state index < -0.39 is 11.9 Å². The third-order valence-electron chi connectivity index (χ3n) is 1.41. The Morgan fingerprint density at radius 1 is 1.50 bits per heavy atom. The third-order valence-corrected chi connectivity index (χ3v) is 2.73. The second kappa shape index (κ2) is 4.97. The molecule has 0 atom stereocenters. The molecule has 0 aliphatic carbocycles. The van der Waals surface area contributed by atoms with E-state index in [-0.39, 0.29) is 0 Å². The number of halogens is 3. The first-order valence-electron chi connectivity index (χ1n) is 3.90. The Labute approximate surface area is 89.1 Å². The lowest BCUT2D eigenvalue weighted by Gasteiger charge is -1.99. The van der Waals surface area contributed by atoms with Gasteiger partial charge >= 0.3 is 6.18 Å². The molecule has 7 heteroatoms. The molecule has 0 saturated heterocycles. The molecule has 1 rings (SSSR count). The number of rotatable bonds is 4. The number of thiol groups is 1. The summed E-state index contributed by atoms with van der Waals surface area (Å²) in [7, 11) is 0. The molecular formula is C7H9F3N2S2. The highest BCUT2D eigenvalue weighted by Gasteiger charge is 2.32. The van der Waals surface area contributed by atoms with Gasteiger partial charge in [0.15, 0.2) is 0 Å². The first-order valence-corrected chi connectivity index (χ1v) is 5.52. The van der Waals surface area contributed by atoms with Crippen LogP contribution in [0.2, 0.25) is 0 Å². The molecule has 0 aromatic carbocycles. The molecule has 0 unspecified atom stereocenters. The van der Waals surface area contributed by atoms with Gasteiger partial charge < -0.3 is 0 Å². The topological polar surface area (TPSA) is 28.7 Å². The summed E-state index contributed by atoms with van der Waals surface area (Å²) in [5.74, 6) is 1.45. The van der Waals surface area contributed by atoms with E-state index in [4.69, 9.17) is 0 Å². The summed E-state index contributed by atoms with van der Waals surface area (Å²) >= 11 is 5.29. The highest BCUT2D eigenvalue weighted by molar-refractivity contribution is 7.99. The number of alkyl halides is 3. The zero-order chi connectivity index (χ0) is 10.6. The molecule has 1 heterocycles. The van der Waals surface area contributed by atoms with Crippen LogP contribution < -0.4 is 0 Å². The highest BCUT2D eigenvalue weighted by atomic mass is 32.2. The van der Waals surface area contributed by atoms with Crippen LogP contribution in [0.3, 0.4) is 0 Å². The van der Waals surface area contributed by atoms with Gasteiger partial charge in [0.1, 0.15) is 10.7 Å². The van der Waals surface area contributed by atoms with E-state index >= 15 is 0 Å². The fourth-order valence-electron chi connectivity index (χ4n) is 0.764. The third kappa shape index (κ3) is 3.45. The standard InChI is InChI=1S/C7H9F3N2S2/c8-7(9,10)5-4-6(12-11-5)14-3-1-2-13/h4,13H,1-3H2,(H,11,12). The van der Waals surface area contributed by atoms with Crippen molar-refractivity contribution in [2.24, 2.45) is 0 Å². The van der Waals surface area contributed by atoms with Gasteiger partial charge in [-0.3, -0.25) is 5.10 Å². The molecule has 0 aliphatic rings. The lowest BCUT2D eigenvalue weighted by atomic mass is 10.4. The van der Waals surface area contributed by atoms with Gasteiger partial charge in [-0.25, -0.2) is 0 Å². The molecule has 0 aliphatic heterocycles. The average Bonchev–Trinajstić information content (AvgIpc) is 2.52. The van der Waals surface area contributed by atoms with Crippen molar-refractivity contribution in [3.05, 3.63) is 11.8 Å². The molecule has 1 N–H and O–H groups in total.